The number of aromatic nitrogens is 4. The highest BCUT2D eigenvalue weighted by molar-refractivity contribution is 5.77. The number of nitrogens with one attached hydrogen (secondary N) is 1. The van der Waals surface area contributed by atoms with Gasteiger partial charge < -0.3 is 4.98 Å². The second-order valence-electron chi connectivity index (χ2n) is 6.08. The van der Waals surface area contributed by atoms with Crippen molar-refractivity contribution in [2.75, 3.05) is 0 Å². The van der Waals surface area contributed by atoms with E-state index in [1.54, 1.807) is 26.0 Å². The van der Waals surface area contributed by atoms with Crippen molar-refractivity contribution in [3.8, 4) is 0 Å². The Kier molecular flexibility index (Phi) is 4.55. The average Bonchev–Trinajstić information content (AvgIpc) is 2.92. The molecule has 2 heterocycles. The van der Waals surface area contributed by atoms with Gasteiger partial charge in [-0.25, -0.2) is 14.1 Å². The number of hydrogen-bond acceptors (Lipinski definition) is 3. The van der Waals surface area contributed by atoms with Gasteiger partial charge in [-0.05, 0) is 25.0 Å². The SMILES string of the molecule is Cc1nc2c(c(CF)nn2C(C)c2ccc(CC(F)(F)F)cc2)c(=O)[nH]1. The van der Waals surface area contributed by atoms with Gasteiger partial charge in [0.1, 0.15) is 23.6 Å². The van der Waals surface area contributed by atoms with Gasteiger partial charge in [0.05, 0.1) is 12.5 Å². The summed E-state index contributed by atoms with van der Waals surface area (Å²) in [6.07, 6.45) is -5.28. The number of halogens is 4. The van der Waals surface area contributed by atoms with Gasteiger partial charge in [-0.2, -0.15) is 18.3 Å². The van der Waals surface area contributed by atoms with Gasteiger partial charge in [-0.1, -0.05) is 24.3 Å². The standard InChI is InChI=1S/C17H16F4N4O/c1-9(12-5-3-11(4-6-12)7-17(19,20)21)25-15-14(13(8-18)24-25)16(26)23-10(2)22-15/h3-6,9H,7-8H2,1-2H3,(H,22,23,26). The van der Waals surface area contributed by atoms with Crippen LogP contribution < -0.4 is 5.56 Å². The second kappa shape index (κ2) is 6.54. The van der Waals surface area contributed by atoms with E-state index < -0.39 is 30.9 Å². The van der Waals surface area contributed by atoms with Crippen LogP contribution in [0.2, 0.25) is 0 Å². The van der Waals surface area contributed by atoms with Crippen LogP contribution >= 0.6 is 0 Å². The molecule has 1 N–H and O–H groups in total. The molecule has 26 heavy (non-hydrogen) atoms. The maximum atomic E-state index is 13.3. The predicted molar refractivity (Wildman–Crippen MR) is 87.7 cm³/mol. The summed E-state index contributed by atoms with van der Waals surface area (Å²) >= 11 is 0. The molecule has 0 fully saturated rings. The van der Waals surface area contributed by atoms with Crippen molar-refractivity contribution >= 4 is 11.0 Å². The minimum Gasteiger partial charge on any atom is -0.310 e. The number of nitrogens with zero attached hydrogens (tertiary/aromatic N) is 3. The fraction of sp³-hybridized carbons (Fsp3) is 0.353. The van der Waals surface area contributed by atoms with Crippen LogP contribution in [0.4, 0.5) is 17.6 Å². The number of hydrogen-bond donors (Lipinski definition) is 1. The molecule has 0 radical (unpaired) electrons. The monoisotopic (exact) mass is 368 g/mol. The fourth-order valence-corrected chi connectivity index (χ4v) is 2.87. The van der Waals surface area contributed by atoms with E-state index in [0.717, 1.165) is 0 Å². The summed E-state index contributed by atoms with van der Waals surface area (Å²) in [7, 11) is 0. The Labute approximate surface area is 145 Å². The molecule has 1 unspecified atom stereocenters. The summed E-state index contributed by atoms with van der Waals surface area (Å²) in [5, 5.41) is 4.23. The zero-order valence-electron chi connectivity index (χ0n) is 14.1. The van der Waals surface area contributed by atoms with Crippen LogP contribution in [0.15, 0.2) is 29.1 Å². The number of fused-ring (bicyclic) bond motifs is 1. The number of benzene rings is 1. The van der Waals surface area contributed by atoms with E-state index in [0.29, 0.717) is 11.4 Å². The molecule has 9 heteroatoms. The van der Waals surface area contributed by atoms with Gasteiger partial charge in [0.25, 0.3) is 5.56 Å². The Bertz CT molecular complexity index is 989. The van der Waals surface area contributed by atoms with Crippen LogP contribution in [0.5, 0.6) is 0 Å². The van der Waals surface area contributed by atoms with Crippen LogP contribution in [0, 0.1) is 6.92 Å². The first-order chi connectivity index (χ1) is 12.2. The van der Waals surface area contributed by atoms with Crippen molar-refractivity contribution in [1.29, 1.82) is 0 Å². The highest BCUT2D eigenvalue weighted by atomic mass is 19.4. The zero-order valence-corrected chi connectivity index (χ0v) is 14.1. The quantitative estimate of drug-likeness (QED) is 0.716. The molecule has 0 amide bonds. The van der Waals surface area contributed by atoms with E-state index in [1.165, 1.54) is 16.8 Å². The van der Waals surface area contributed by atoms with Gasteiger partial charge in [0, 0.05) is 0 Å². The molecular formula is C17H16F4N4O. The van der Waals surface area contributed by atoms with Crippen LogP contribution in [0.25, 0.3) is 11.0 Å². The van der Waals surface area contributed by atoms with E-state index >= 15 is 0 Å². The minimum absolute atomic E-state index is 0.0192. The third-order valence-corrected chi connectivity index (χ3v) is 4.11. The number of aromatic amines is 1. The summed E-state index contributed by atoms with van der Waals surface area (Å²) in [6.45, 7) is 2.43. The fourth-order valence-electron chi connectivity index (χ4n) is 2.87. The minimum atomic E-state index is -4.27. The largest absolute Gasteiger partial charge is 0.393 e. The third-order valence-electron chi connectivity index (χ3n) is 4.11. The van der Waals surface area contributed by atoms with Gasteiger partial charge in [0.2, 0.25) is 0 Å². The molecule has 0 saturated carbocycles. The zero-order chi connectivity index (χ0) is 19.1. The Morgan fingerprint density at radius 2 is 1.88 bits per heavy atom. The second-order valence-corrected chi connectivity index (χ2v) is 6.08. The molecule has 0 aliphatic carbocycles. The molecule has 0 saturated heterocycles. The molecule has 3 aromatic rings. The van der Waals surface area contributed by atoms with Crippen LogP contribution in [0.1, 0.15) is 35.6 Å². The maximum absolute atomic E-state index is 13.3. The third kappa shape index (κ3) is 3.47. The van der Waals surface area contributed by atoms with Crippen molar-refractivity contribution in [2.24, 2.45) is 0 Å². The Morgan fingerprint density at radius 1 is 1.23 bits per heavy atom. The summed E-state index contributed by atoms with van der Waals surface area (Å²) in [5.74, 6) is 0.363. The van der Waals surface area contributed by atoms with Crippen LogP contribution in [-0.4, -0.2) is 25.9 Å². The van der Waals surface area contributed by atoms with Gasteiger partial charge in [-0.15, -0.1) is 0 Å². The highest BCUT2D eigenvalue weighted by Crippen LogP contribution is 2.26. The molecule has 0 aliphatic rings. The van der Waals surface area contributed by atoms with Crippen LogP contribution in [0.3, 0.4) is 0 Å². The molecule has 1 atom stereocenters. The number of rotatable bonds is 4. The lowest BCUT2D eigenvalue weighted by Crippen LogP contribution is -2.14. The van der Waals surface area contributed by atoms with Crippen molar-refractivity contribution < 1.29 is 17.6 Å². The molecule has 0 aliphatic heterocycles. The Morgan fingerprint density at radius 3 is 2.46 bits per heavy atom. The number of alkyl halides is 4. The maximum Gasteiger partial charge on any atom is 0.393 e. The first-order valence-electron chi connectivity index (χ1n) is 7.89. The van der Waals surface area contributed by atoms with E-state index in [1.807, 2.05) is 0 Å². The lowest BCUT2D eigenvalue weighted by Gasteiger charge is -2.14. The summed E-state index contributed by atoms with van der Waals surface area (Å²) in [5.41, 5.74) is 0.568. The highest BCUT2D eigenvalue weighted by Gasteiger charge is 2.27. The van der Waals surface area contributed by atoms with E-state index in [9.17, 15) is 22.4 Å². The van der Waals surface area contributed by atoms with Crippen LogP contribution in [-0.2, 0) is 13.1 Å². The van der Waals surface area contributed by atoms with Crippen molar-refractivity contribution in [1.82, 2.24) is 19.7 Å². The summed E-state index contributed by atoms with van der Waals surface area (Å²) in [6, 6.07) is 5.48. The van der Waals surface area contributed by atoms with Crippen molar-refractivity contribution in [2.45, 2.75) is 39.2 Å². The first kappa shape index (κ1) is 18.1. The summed E-state index contributed by atoms with van der Waals surface area (Å²) in [4.78, 5) is 18.9. The average molecular weight is 368 g/mol. The smallest absolute Gasteiger partial charge is 0.310 e. The normalized spacial score (nSPS) is 13.3. The molecule has 3 rings (SSSR count). The van der Waals surface area contributed by atoms with Gasteiger partial charge >= 0.3 is 6.18 Å². The van der Waals surface area contributed by atoms with E-state index in [4.69, 9.17) is 0 Å². The Hall–Kier alpha value is -2.71. The van der Waals surface area contributed by atoms with E-state index in [2.05, 4.69) is 15.1 Å². The lowest BCUT2D eigenvalue weighted by atomic mass is 10.0. The summed E-state index contributed by atoms with van der Waals surface area (Å²) < 4.78 is 52.1. The van der Waals surface area contributed by atoms with Crippen molar-refractivity contribution in [3.05, 3.63) is 57.3 Å². The predicted octanol–water partition coefficient (Wildman–Crippen LogP) is 3.61. The molecule has 1 aromatic carbocycles. The molecule has 2 aromatic heterocycles. The number of H-pyrrole nitrogens is 1. The van der Waals surface area contributed by atoms with Gasteiger partial charge in [-0.3, -0.25) is 4.79 Å². The molecule has 0 bridgehead atoms. The van der Waals surface area contributed by atoms with Gasteiger partial charge in [0.15, 0.2) is 5.65 Å². The molecular weight excluding hydrogens is 352 g/mol. The first-order valence-corrected chi connectivity index (χ1v) is 7.89. The van der Waals surface area contributed by atoms with Crippen molar-refractivity contribution in [3.63, 3.8) is 0 Å². The molecule has 0 spiro atoms. The topological polar surface area (TPSA) is 63.6 Å². The Balaban J connectivity index is 2.02. The van der Waals surface area contributed by atoms with E-state index in [-0.39, 0.29) is 22.3 Å². The number of aryl methyl sites for hydroxylation is 1. The molecule has 138 valence electrons. The lowest BCUT2D eigenvalue weighted by molar-refractivity contribution is -0.127. The molecule has 5 nitrogen and oxygen atoms in total.